The van der Waals surface area contributed by atoms with Crippen LogP contribution in [0.2, 0.25) is 0 Å². The van der Waals surface area contributed by atoms with Gasteiger partial charge in [0.05, 0.1) is 19.1 Å². The summed E-state index contributed by atoms with van der Waals surface area (Å²) in [5.41, 5.74) is 2.07. The molecule has 0 N–H and O–H groups in total. The first-order valence-electron chi connectivity index (χ1n) is 5.55. The molecule has 0 amide bonds. The van der Waals surface area contributed by atoms with Crippen molar-refractivity contribution in [3.05, 3.63) is 36.8 Å². The van der Waals surface area contributed by atoms with Crippen molar-refractivity contribution in [3.8, 4) is 17.0 Å². The summed E-state index contributed by atoms with van der Waals surface area (Å²) in [6, 6.07) is 7.89. The maximum Gasteiger partial charge on any atom is 0.118 e. The first-order chi connectivity index (χ1) is 8.33. The highest BCUT2D eigenvalue weighted by molar-refractivity contribution is 6.17. The van der Waals surface area contributed by atoms with Crippen LogP contribution in [0.15, 0.2) is 36.8 Å². The second-order valence-corrected chi connectivity index (χ2v) is 4.15. The van der Waals surface area contributed by atoms with Gasteiger partial charge in [-0.05, 0) is 30.7 Å². The molecule has 3 nitrogen and oxygen atoms in total. The zero-order chi connectivity index (χ0) is 12.1. The molecule has 0 bridgehead atoms. The van der Waals surface area contributed by atoms with Crippen LogP contribution in [0.1, 0.15) is 6.42 Å². The molecule has 2 rings (SSSR count). The Balaban J connectivity index is 2.12. The van der Waals surface area contributed by atoms with Crippen LogP contribution < -0.4 is 4.74 Å². The molecule has 1 aromatic carbocycles. The summed E-state index contributed by atoms with van der Waals surface area (Å²) in [4.78, 5) is 4.37. The monoisotopic (exact) mass is 250 g/mol. The number of imidazole rings is 1. The van der Waals surface area contributed by atoms with Gasteiger partial charge in [0.1, 0.15) is 5.75 Å². The van der Waals surface area contributed by atoms with Gasteiger partial charge in [-0.2, -0.15) is 0 Å². The number of aromatic nitrogens is 2. The smallest absolute Gasteiger partial charge is 0.118 e. The molecule has 0 radical (unpaired) electrons. The van der Waals surface area contributed by atoms with E-state index in [4.69, 9.17) is 16.3 Å². The minimum atomic E-state index is 0.677. The first-order valence-corrected chi connectivity index (χ1v) is 6.09. The fourth-order valence-electron chi connectivity index (χ4n) is 1.64. The van der Waals surface area contributed by atoms with E-state index in [1.54, 1.807) is 7.11 Å². The maximum absolute atomic E-state index is 5.66. The Morgan fingerprint density at radius 3 is 2.71 bits per heavy atom. The predicted molar refractivity (Wildman–Crippen MR) is 69.6 cm³/mol. The van der Waals surface area contributed by atoms with Crippen molar-refractivity contribution in [1.29, 1.82) is 0 Å². The van der Waals surface area contributed by atoms with Crippen molar-refractivity contribution in [2.45, 2.75) is 13.0 Å². The molecule has 1 heterocycles. The summed E-state index contributed by atoms with van der Waals surface area (Å²) in [7, 11) is 1.66. The molecule has 0 atom stereocenters. The van der Waals surface area contributed by atoms with E-state index in [0.717, 1.165) is 30.0 Å². The number of nitrogens with zero attached hydrogens (tertiary/aromatic N) is 2. The molecule has 90 valence electrons. The van der Waals surface area contributed by atoms with Gasteiger partial charge in [-0.15, -0.1) is 11.6 Å². The number of benzene rings is 1. The lowest BCUT2D eigenvalue weighted by atomic mass is 10.2. The Bertz CT molecular complexity index is 465. The zero-order valence-electron chi connectivity index (χ0n) is 9.77. The molecule has 0 aliphatic rings. The minimum absolute atomic E-state index is 0.677. The van der Waals surface area contributed by atoms with Crippen molar-refractivity contribution in [3.63, 3.8) is 0 Å². The van der Waals surface area contributed by atoms with Crippen molar-refractivity contribution in [2.24, 2.45) is 0 Å². The molecule has 0 spiro atoms. The maximum atomic E-state index is 5.66. The van der Waals surface area contributed by atoms with Crippen LogP contribution in [0.3, 0.4) is 0 Å². The van der Waals surface area contributed by atoms with Gasteiger partial charge in [-0.25, -0.2) is 4.98 Å². The number of methoxy groups -OCH3 is 1. The standard InChI is InChI=1S/C13H15ClN2O/c1-17-12-5-3-11(4-6-12)13-9-16(10-15-13)8-2-7-14/h3-6,9-10H,2,7-8H2,1H3. The van der Waals surface area contributed by atoms with Crippen LogP contribution >= 0.6 is 11.6 Å². The highest BCUT2D eigenvalue weighted by Gasteiger charge is 2.02. The Labute approximate surface area is 106 Å². The first kappa shape index (κ1) is 12.0. The molecule has 1 aromatic heterocycles. The summed E-state index contributed by atoms with van der Waals surface area (Å²) in [6.45, 7) is 0.909. The van der Waals surface area contributed by atoms with E-state index in [-0.39, 0.29) is 0 Å². The second kappa shape index (κ2) is 5.73. The molecule has 4 heteroatoms. The number of hydrogen-bond donors (Lipinski definition) is 0. The molecule has 17 heavy (non-hydrogen) atoms. The van der Waals surface area contributed by atoms with Crippen molar-refractivity contribution in [1.82, 2.24) is 9.55 Å². The molecule has 0 aliphatic carbocycles. The molecule has 0 unspecified atom stereocenters. The molecule has 0 saturated heterocycles. The molecule has 2 aromatic rings. The van der Waals surface area contributed by atoms with Gasteiger partial charge >= 0.3 is 0 Å². The van der Waals surface area contributed by atoms with Gasteiger partial charge in [0.15, 0.2) is 0 Å². The predicted octanol–water partition coefficient (Wildman–Crippen LogP) is 3.19. The molecule has 0 fully saturated rings. The van der Waals surface area contributed by atoms with Crippen LogP contribution in [0.5, 0.6) is 5.75 Å². The summed E-state index contributed by atoms with van der Waals surface area (Å²) in [5, 5.41) is 0. The van der Waals surface area contributed by atoms with Crippen LogP contribution in [0.4, 0.5) is 0 Å². The average molecular weight is 251 g/mol. The number of aryl methyl sites for hydroxylation is 1. The SMILES string of the molecule is COc1ccc(-c2cn(CCCCl)cn2)cc1. The molecule has 0 aliphatic heterocycles. The van der Waals surface area contributed by atoms with Gasteiger partial charge in [0.2, 0.25) is 0 Å². The van der Waals surface area contributed by atoms with Crippen LogP contribution in [-0.2, 0) is 6.54 Å². The number of hydrogen-bond acceptors (Lipinski definition) is 2. The fraction of sp³-hybridized carbons (Fsp3) is 0.308. The van der Waals surface area contributed by atoms with E-state index in [1.165, 1.54) is 0 Å². The van der Waals surface area contributed by atoms with Gasteiger partial charge in [0, 0.05) is 24.2 Å². The summed E-state index contributed by atoms with van der Waals surface area (Å²) in [5.74, 6) is 1.53. The lowest BCUT2D eigenvalue weighted by Crippen LogP contribution is -1.94. The Hall–Kier alpha value is -1.48. The van der Waals surface area contributed by atoms with E-state index in [2.05, 4.69) is 9.55 Å². The van der Waals surface area contributed by atoms with Gasteiger partial charge < -0.3 is 9.30 Å². The van der Waals surface area contributed by atoms with E-state index in [0.29, 0.717) is 5.88 Å². The number of rotatable bonds is 5. The molecule has 0 saturated carbocycles. The van der Waals surface area contributed by atoms with Crippen molar-refractivity contribution >= 4 is 11.6 Å². The van der Waals surface area contributed by atoms with Crippen LogP contribution in [-0.4, -0.2) is 22.5 Å². The third-order valence-electron chi connectivity index (χ3n) is 2.57. The van der Waals surface area contributed by atoms with Gasteiger partial charge in [-0.1, -0.05) is 0 Å². The normalized spacial score (nSPS) is 10.5. The number of alkyl halides is 1. The minimum Gasteiger partial charge on any atom is -0.497 e. The summed E-state index contributed by atoms with van der Waals surface area (Å²) < 4.78 is 7.18. The summed E-state index contributed by atoms with van der Waals surface area (Å²) in [6.07, 6.45) is 4.83. The lowest BCUT2D eigenvalue weighted by molar-refractivity contribution is 0.415. The Morgan fingerprint density at radius 2 is 2.06 bits per heavy atom. The third kappa shape index (κ3) is 3.01. The highest BCUT2D eigenvalue weighted by Crippen LogP contribution is 2.20. The Kier molecular flexibility index (Phi) is 4.04. The fourth-order valence-corrected chi connectivity index (χ4v) is 1.76. The van der Waals surface area contributed by atoms with E-state index in [9.17, 15) is 0 Å². The van der Waals surface area contributed by atoms with E-state index < -0.39 is 0 Å². The van der Waals surface area contributed by atoms with Crippen molar-refractivity contribution in [2.75, 3.05) is 13.0 Å². The van der Waals surface area contributed by atoms with E-state index in [1.807, 2.05) is 36.8 Å². The molecular formula is C13H15ClN2O. The highest BCUT2D eigenvalue weighted by atomic mass is 35.5. The van der Waals surface area contributed by atoms with Crippen LogP contribution in [0, 0.1) is 0 Å². The lowest BCUT2D eigenvalue weighted by Gasteiger charge is -2.00. The quantitative estimate of drug-likeness (QED) is 0.762. The third-order valence-corrected chi connectivity index (χ3v) is 2.84. The zero-order valence-corrected chi connectivity index (χ0v) is 10.5. The topological polar surface area (TPSA) is 27.1 Å². The number of halogens is 1. The van der Waals surface area contributed by atoms with E-state index >= 15 is 0 Å². The van der Waals surface area contributed by atoms with Gasteiger partial charge in [0.25, 0.3) is 0 Å². The summed E-state index contributed by atoms with van der Waals surface area (Å²) >= 11 is 5.66. The largest absolute Gasteiger partial charge is 0.497 e. The van der Waals surface area contributed by atoms with Gasteiger partial charge in [-0.3, -0.25) is 0 Å². The van der Waals surface area contributed by atoms with Crippen LogP contribution in [0.25, 0.3) is 11.3 Å². The number of ether oxygens (including phenoxy) is 1. The Morgan fingerprint density at radius 1 is 1.29 bits per heavy atom. The second-order valence-electron chi connectivity index (χ2n) is 3.77. The average Bonchev–Trinajstić information content (AvgIpc) is 2.85. The van der Waals surface area contributed by atoms with Crippen molar-refractivity contribution < 1.29 is 4.74 Å². The molecular weight excluding hydrogens is 236 g/mol.